The molecule has 0 radical (unpaired) electrons. The van der Waals surface area contributed by atoms with Crippen molar-refractivity contribution in [3.8, 4) is 5.75 Å². The van der Waals surface area contributed by atoms with Crippen LogP contribution in [0.2, 0.25) is 0 Å². The number of nitrogens with one attached hydrogen (secondary N) is 4. The third kappa shape index (κ3) is 11.1. The number of halogens is 1. The summed E-state index contributed by atoms with van der Waals surface area (Å²) in [7, 11) is 5.72. The Labute approximate surface area is 245 Å². The van der Waals surface area contributed by atoms with E-state index in [1.165, 1.54) is 5.56 Å². The van der Waals surface area contributed by atoms with Gasteiger partial charge in [-0.25, -0.2) is 0 Å². The average Bonchev–Trinajstić information content (AvgIpc) is 2.90. The first-order valence-electron chi connectivity index (χ1n) is 13.3. The average molecular weight is 562 g/mol. The Hall–Kier alpha value is -3.87. The van der Waals surface area contributed by atoms with Crippen molar-refractivity contribution in [1.82, 2.24) is 10.2 Å². The molecule has 0 saturated heterocycles. The predicted octanol–water partition coefficient (Wildman–Crippen LogP) is 8.03. The third-order valence-electron chi connectivity index (χ3n) is 5.87. The minimum atomic E-state index is 0.383. The zero-order chi connectivity index (χ0) is 29.7. The molecule has 0 aliphatic carbocycles. The van der Waals surface area contributed by atoms with E-state index in [2.05, 4.69) is 65.8 Å². The smallest absolute Gasteiger partial charge is 0.142 e. The van der Waals surface area contributed by atoms with Gasteiger partial charge in [-0.2, -0.15) is 0 Å². The summed E-state index contributed by atoms with van der Waals surface area (Å²) < 4.78 is 5.56. The number of nitrogens with zero attached hydrogens (tertiary/aromatic N) is 1. The number of allylic oxidation sites excluding steroid dienone is 6. The molecule has 0 aromatic heterocycles. The molecule has 0 amide bonds. The van der Waals surface area contributed by atoms with Gasteiger partial charge in [0.2, 0.25) is 0 Å². The first kappa shape index (κ1) is 32.3. The van der Waals surface area contributed by atoms with Crippen LogP contribution >= 0.6 is 11.6 Å². The van der Waals surface area contributed by atoms with Gasteiger partial charge in [0.1, 0.15) is 5.75 Å². The fourth-order valence-corrected chi connectivity index (χ4v) is 3.81. The predicted molar refractivity (Wildman–Crippen MR) is 175 cm³/mol. The molecule has 0 heterocycles. The van der Waals surface area contributed by atoms with Crippen LogP contribution in [0, 0.1) is 0 Å². The SMILES string of the molecule is C=C(/C=C/C(=C)Nc1ccc(OC)c(N/C(C)=C/C=C(/Cl)C(=C)Nc2ccccc2C(C)C)c1)NCCN(C)C. The zero-order valence-corrected chi connectivity index (χ0v) is 25.5. The van der Waals surface area contributed by atoms with Crippen molar-refractivity contribution in [2.45, 2.75) is 26.7 Å². The van der Waals surface area contributed by atoms with Crippen molar-refractivity contribution >= 4 is 28.7 Å². The fraction of sp³-hybridized carbons (Fsp3) is 0.273. The van der Waals surface area contributed by atoms with Crippen LogP contribution in [0.5, 0.6) is 5.75 Å². The maximum atomic E-state index is 6.56. The summed E-state index contributed by atoms with van der Waals surface area (Å²) in [5.74, 6) is 1.10. The molecule has 0 aliphatic heterocycles. The summed E-state index contributed by atoms with van der Waals surface area (Å²) in [4.78, 5) is 2.11. The van der Waals surface area contributed by atoms with Gasteiger partial charge in [-0.05, 0) is 81.1 Å². The highest BCUT2D eigenvalue weighted by atomic mass is 35.5. The summed E-state index contributed by atoms with van der Waals surface area (Å²) in [5.41, 5.74) is 6.96. The molecular weight excluding hydrogens is 518 g/mol. The quantitative estimate of drug-likeness (QED) is 0.156. The number of hydrogen-bond acceptors (Lipinski definition) is 6. The number of ether oxygens (including phenoxy) is 1. The van der Waals surface area contributed by atoms with Crippen LogP contribution in [0.15, 0.2) is 114 Å². The Morgan fingerprint density at radius 3 is 2.33 bits per heavy atom. The van der Waals surface area contributed by atoms with Gasteiger partial charge in [0.15, 0.2) is 0 Å². The van der Waals surface area contributed by atoms with Crippen molar-refractivity contribution in [1.29, 1.82) is 0 Å². The van der Waals surface area contributed by atoms with Gasteiger partial charge in [0, 0.05) is 41.6 Å². The standard InChI is InChI=1S/C33H44ClN5O/c1-23(2)29-12-10-11-13-31(29)38-27(6)30(34)18-16-26(5)37-32-22-28(17-19-33(32)40-9)36-25(4)15-14-24(3)35-20-21-39(7)8/h10-19,22-23,35-38H,3-4,6,20-21H2,1-2,5,7-9H3/b15-14+,26-16+,30-18+. The molecule has 0 unspecified atom stereocenters. The maximum Gasteiger partial charge on any atom is 0.142 e. The van der Waals surface area contributed by atoms with Crippen molar-refractivity contribution in [3.63, 3.8) is 0 Å². The van der Waals surface area contributed by atoms with Crippen molar-refractivity contribution in [2.24, 2.45) is 0 Å². The zero-order valence-electron chi connectivity index (χ0n) is 24.7. The number of hydrogen-bond donors (Lipinski definition) is 4. The summed E-state index contributed by atoms with van der Waals surface area (Å²) in [6, 6.07) is 14.0. The minimum Gasteiger partial charge on any atom is -0.495 e. The molecule has 40 heavy (non-hydrogen) atoms. The minimum absolute atomic E-state index is 0.383. The maximum absolute atomic E-state index is 6.56. The molecule has 0 bridgehead atoms. The fourth-order valence-electron chi connectivity index (χ4n) is 3.70. The molecule has 0 aliphatic rings. The number of methoxy groups -OCH3 is 1. The van der Waals surface area contributed by atoms with Crippen molar-refractivity contribution < 1.29 is 4.74 Å². The second-order valence-corrected chi connectivity index (χ2v) is 10.4. The van der Waals surface area contributed by atoms with Crippen LogP contribution in [-0.2, 0) is 0 Å². The Balaban J connectivity index is 2.04. The van der Waals surface area contributed by atoms with Gasteiger partial charge >= 0.3 is 0 Å². The Bertz CT molecular complexity index is 1270. The molecule has 214 valence electrons. The highest BCUT2D eigenvalue weighted by Crippen LogP contribution is 2.30. The Morgan fingerprint density at radius 1 is 0.950 bits per heavy atom. The second kappa shape index (κ2) is 16.3. The number of anilines is 3. The van der Waals surface area contributed by atoms with E-state index in [0.717, 1.165) is 47.2 Å². The van der Waals surface area contributed by atoms with E-state index in [4.69, 9.17) is 16.3 Å². The van der Waals surface area contributed by atoms with E-state index in [1.807, 2.05) is 81.7 Å². The molecule has 4 N–H and O–H groups in total. The van der Waals surface area contributed by atoms with E-state index < -0.39 is 0 Å². The van der Waals surface area contributed by atoms with Gasteiger partial charge in [-0.3, -0.25) is 0 Å². The summed E-state index contributed by atoms with van der Waals surface area (Å²) >= 11 is 6.56. The first-order valence-corrected chi connectivity index (χ1v) is 13.6. The van der Waals surface area contributed by atoms with Gasteiger partial charge in [0.05, 0.1) is 23.5 Å². The van der Waals surface area contributed by atoms with Crippen LogP contribution in [0.3, 0.4) is 0 Å². The lowest BCUT2D eigenvalue weighted by Crippen LogP contribution is -2.25. The van der Waals surface area contributed by atoms with Gasteiger partial charge in [-0.15, -0.1) is 0 Å². The molecule has 2 aromatic rings. The first-order chi connectivity index (χ1) is 19.0. The molecule has 0 fully saturated rings. The highest BCUT2D eigenvalue weighted by Gasteiger charge is 2.08. The summed E-state index contributed by atoms with van der Waals surface area (Å²) in [6.07, 6.45) is 7.51. The lowest BCUT2D eigenvalue weighted by atomic mass is 10.0. The number of rotatable bonds is 16. The molecule has 7 heteroatoms. The normalized spacial score (nSPS) is 12.0. The molecule has 0 spiro atoms. The molecular formula is C33H44ClN5O. The summed E-state index contributed by atoms with van der Waals surface area (Å²) in [6.45, 7) is 20.3. The van der Waals surface area contributed by atoms with Crippen molar-refractivity contribution in [3.05, 3.63) is 120 Å². The molecule has 2 rings (SSSR count). The van der Waals surface area contributed by atoms with Gasteiger partial charge < -0.3 is 30.9 Å². The molecule has 0 saturated carbocycles. The van der Waals surface area contributed by atoms with Crippen LogP contribution in [0.4, 0.5) is 17.1 Å². The monoisotopic (exact) mass is 561 g/mol. The van der Waals surface area contributed by atoms with E-state index in [-0.39, 0.29) is 0 Å². The highest BCUT2D eigenvalue weighted by molar-refractivity contribution is 6.32. The Kier molecular flexibility index (Phi) is 13.2. The van der Waals surface area contributed by atoms with E-state index in [1.54, 1.807) is 7.11 Å². The Morgan fingerprint density at radius 2 is 1.65 bits per heavy atom. The largest absolute Gasteiger partial charge is 0.495 e. The lowest BCUT2D eigenvalue weighted by Gasteiger charge is -2.16. The van der Waals surface area contributed by atoms with Crippen LogP contribution in [-0.4, -0.2) is 39.2 Å². The van der Waals surface area contributed by atoms with E-state index in [9.17, 15) is 0 Å². The van der Waals surface area contributed by atoms with Crippen LogP contribution < -0.4 is 26.0 Å². The third-order valence-corrected chi connectivity index (χ3v) is 6.22. The number of para-hydroxylation sites is 1. The van der Waals surface area contributed by atoms with E-state index in [0.29, 0.717) is 22.4 Å². The van der Waals surface area contributed by atoms with Crippen molar-refractivity contribution in [2.75, 3.05) is 50.2 Å². The van der Waals surface area contributed by atoms with Crippen LogP contribution in [0.25, 0.3) is 0 Å². The number of likely N-dealkylation sites (N-methyl/N-ethyl adjacent to an activating group) is 1. The number of benzene rings is 2. The summed E-state index contributed by atoms with van der Waals surface area (Å²) in [5, 5.41) is 13.8. The van der Waals surface area contributed by atoms with Crippen LogP contribution in [0.1, 0.15) is 32.3 Å². The van der Waals surface area contributed by atoms with Gasteiger partial charge in [-0.1, -0.05) is 63.4 Å². The van der Waals surface area contributed by atoms with E-state index >= 15 is 0 Å². The lowest BCUT2D eigenvalue weighted by molar-refractivity contribution is 0.409. The molecule has 2 aromatic carbocycles. The molecule has 6 nitrogen and oxygen atoms in total. The molecule has 0 atom stereocenters. The van der Waals surface area contributed by atoms with Gasteiger partial charge in [0.25, 0.3) is 0 Å². The topological polar surface area (TPSA) is 60.6 Å². The second-order valence-electron chi connectivity index (χ2n) is 9.99.